The van der Waals surface area contributed by atoms with Gasteiger partial charge in [0.2, 0.25) is 5.91 Å². The molecule has 0 bridgehead atoms. The number of amides is 1. The highest BCUT2D eigenvalue weighted by Crippen LogP contribution is 2.33. The van der Waals surface area contributed by atoms with E-state index in [1.165, 1.54) is 17.0 Å². The van der Waals surface area contributed by atoms with Crippen LogP contribution in [0.3, 0.4) is 0 Å². The Morgan fingerprint density at radius 1 is 1.30 bits per heavy atom. The second-order valence-corrected chi connectivity index (χ2v) is 7.19. The first-order chi connectivity index (χ1) is 12.8. The lowest BCUT2D eigenvalue weighted by Crippen LogP contribution is -2.48. The van der Waals surface area contributed by atoms with E-state index in [-0.39, 0.29) is 12.3 Å². The lowest BCUT2D eigenvalue weighted by molar-refractivity contribution is -0.151. The average molecular weight is 398 g/mol. The van der Waals surface area contributed by atoms with Crippen LogP contribution in [0.4, 0.5) is 13.2 Å². The minimum Gasteiger partial charge on any atom is -0.480 e. The molecule has 2 heterocycles. The largest absolute Gasteiger partial charge is 0.480 e. The number of alkyl halides is 3. The summed E-state index contributed by atoms with van der Waals surface area (Å²) in [6.45, 7) is 0.389. The van der Waals surface area contributed by atoms with Gasteiger partial charge < -0.3 is 10.0 Å². The number of likely N-dealkylation sites (tertiary alicyclic amines) is 1. The lowest BCUT2D eigenvalue weighted by Gasteiger charge is -2.32. The molecule has 0 spiro atoms. The number of thiazole rings is 1. The first kappa shape index (κ1) is 19.3. The van der Waals surface area contributed by atoms with E-state index in [9.17, 15) is 27.9 Å². The van der Waals surface area contributed by atoms with Crippen LogP contribution < -0.4 is 0 Å². The van der Waals surface area contributed by atoms with Gasteiger partial charge in [-0.15, -0.1) is 11.3 Å². The van der Waals surface area contributed by atoms with Gasteiger partial charge in [0.1, 0.15) is 11.0 Å². The highest BCUT2D eigenvalue weighted by molar-refractivity contribution is 7.13. The van der Waals surface area contributed by atoms with Crippen molar-refractivity contribution in [3.8, 4) is 10.6 Å². The molecule has 1 atom stereocenters. The molecule has 9 heteroatoms. The molecule has 0 radical (unpaired) electrons. The summed E-state index contributed by atoms with van der Waals surface area (Å²) >= 11 is 1.15. The predicted octanol–water partition coefficient (Wildman–Crippen LogP) is 3.84. The lowest BCUT2D eigenvalue weighted by atomic mass is 10.0. The molecule has 0 aliphatic carbocycles. The number of nitrogens with zero attached hydrogens (tertiary/aromatic N) is 2. The van der Waals surface area contributed by atoms with Crippen LogP contribution in [-0.2, 0) is 22.2 Å². The SMILES string of the molecule is O=C(O)C1CCCCN1C(=O)Cc1csc(-c2cccc(C(F)(F)F)c2)n1. The Labute approximate surface area is 157 Å². The Hall–Kier alpha value is -2.42. The van der Waals surface area contributed by atoms with E-state index in [1.54, 1.807) is 5.38 Å². The molecule has 1 aliphatic heterocycles. The van der Waals surface area contributed by atoms with Crippen LogP contribution in [0.25, 0.3) is 10.6 Å². The molecule has 1 fully saturated rings. The first-order valence-corrected chi connectivity index (χ1v) is 9.28. The number of carbonyl (C=O) groups is 2. The van der Waals surface area contributed by atoms with Crippen molar-refractivity contribution < 1.29 is 27.9 Å². The Balaban J connectivity index is 1.74. The predicted molar refractivity (Wildman–Crippen MR) is 93.2 cm³/mol. The standard InChI is InChI=1S/C18H17F3N2O3S/c19-18(20,21)12-5-3-4-11(8-12)16-22-13(10-27-16)9-15(24)23-7-2-1-6-14(23)17(25)26/h3-5,8,10,14H,1-2,6-7,9H2,(H,25,26). The molecule has 1 amide bonds. The molecule has 1 unspecified atom stereocenters. The number of halogens is 3. The molecule has 0 saturated carbocycles. The maximum atomic E-state index is 12.9. The maximum absolute atomic E-state index is 12.9. The van der Waals surface area contributed by atoms with E-state index in [0.29, 0.717) is 29.2 Å². The number of benzene rings is 1. The molecule has 3 rings (SSSR count). The van der Waals surface area contributed by atoms with Crippen molar-refractivity contribution in [3.63, 3.8) is 0 Å². The van der Waals surface area contributed by atoms with Crippen molar-refractivity contribution in [2.24, 2.45) is 0 Å². The molecule has 1 aromatic carbocycles. The molecule has 5 nitrogen and oxygen atoms in total. The topological polar surface area (TPSA) is 70.5 Å². The van der Waals surface area contributed by atoms with Crippen LogP contribution in [0, 0.1) is 0 Å². The molecule has 1 N–H and O–H groups in total. The van der Waals surface area contributed by atoms with Crippen LogP contribution >= 0.6 is 11.3 Å². The Kier molecular flexibility index (Phi) is 5.50. The summed E-state index contributed by atoms with van der Waals surface area (Å²) in [7, 11) is 0. The van der Waals surface area contributed by atoms with Gasteiger partial charge in [-0.3, -0.25) is 4.79 Å². The summed E-state index contributed by atoms with van der Waals surface area (Å²) in [5.74, 6) is -1.35. The van der Waals surface area contributed by atoms with Gasteiger partial charge in [-0.05, 0) is 31.4 Å². The fourth-order valence-corrected chi connectivity index (χ4v) is 3.91. The first-order valence-electron chi connectivity index (χ1n) is 8.40. The zero-order valence-electron chi connectivity index (χ0n) is 14.2. The normalized spacial score (nSPS) is 17.7. The minimum atomic E-state index is -4.44. The Morgan fingerprint density at radius 3 is 2.78 bits per heavy atom. The van der Waals surface area contributed by atoms with Crippen LogP contribution in [0.2, 0.25) is 0 Å². The number of carboxylic acid groups (broad SMARTS) is 1. The van der Waals surface area contributed by atoms with Crippen LogP contribution in [0.1, 0.15) is 30.5 Å². The Morgan fingerprint density at radius 2 is 2.07 bits per heavy atom. The molecule has 1 aromatic heterocycles. The number of carboxylic acids is 1. The molecular formula is C18H17F3N2O3S. The number of carbonyl (C=O) groups excluding carboxylic acids is 1. The van der Waals surface area contributed by atoms with E-state index in [1.807, 2.05) is 0 Å². The third kappa shape index (κ3) is 4.47. The third-order valence-electron chi connectivity index (χ3n) is 4.43. The van der Waals surface area contributed by atoms with E-state index >= 15 is 0 Å². The summed E-state index contributed by atoms with van der Waals surface area (Å²) in [6.07, 6.45) is -2.57. The molecule has 2 aromatic rings. The summed E-state index contributed by atoms with van der Waals surface area (Å²) in [5.41, 5.74) is -0.00697. The number of hydrogen-bond donors (Lipinski definition) is 1. The third-order valence-corrected chi connectivity index (χ3v) is 5.37. The maximum Gasteiger partial charge on any atom is 0.416 e. The van der Waals surface area contributed by atoms with Gasteiger partial charge in [0.15, 0.2) is 0 Å². The van der Waals surface area contributed by atoms with Crippen LogP contribution in [0.15, 0.2) is 29.6 Å². The highest BCUT2D eigenvalue weighted by atomic mass is 32.1. The van der Waals surface area contributed by atoms with Crippen molar-refractivity contribution in [1.82, 2.24) is 9.88 Å². The van der Waals surface area contributed by atoms with Crippen molar-refractivity contribution in [3.05, 3.63) is 40.9 Å². The molecular weight excluding hydrogens is 381 g/mol. The zero-order valence-corrected chi connectivity index (χ0v) is 15.0. The van der Waals surface area contributed by atoms with Crippen LogP contribution in [0.5, 0.6) is 0 Å². The van der Waals surface area contributed by atoms with Gasteiger partial charge in [0.25, 0.3) is 0 Å². The number of rotatable bonds is 4. The summed E-state index contributed by atoms with van der Waals surface area (Å²) in [4.78, 5) is 29.4. The molecule has 1 aliphatic rings. The smallest absolute Gasteiger partial charge is 0.416 e. The average Bonchev–Trinajstić information content (AvgIpc) is 3.09. The van der Waals surface area contributed by atoms with E-state index in [4.69, 9.17) is 0 Å². The van der Waals surface area contributed by atoms with Gasteiger partial charge in [0.05, 0.1) is 17.7 Å². The van der Waals surface area contributed by atoms with Crippen molar-refractivity contribution in [1.29, 1.82) is 0 Å². The highest BCUT2D eigenvalue weighted by Gasteiger charge is 2.32. The Bertz CT molecular complexity index is 850. The van der Waals surface area contributed by atoms with E-state index in [0.717, 1.165) is 36.3 Å². The van der Waals surface area contributed by atoms with Gasteiger partial charge in [-0.25, -0.2) is 9.78 Å². The monoisotopic (exact) mass is 398 g/mol. The fourth-order valence-electron chi connectivity index (χ4n) is 3.09. The second kappa shape index (κ2) is 7.67. The second-order valence-electron chi connectivity index (χ2n) is 6.34. The molecule has 27 heavy (non-hydrogen) atoms. The number of aromatic nitrogens is 1. The fraction of sp³-hybridized carbons (Fsp3) is 0.389. The number of aliphatic carboxylic acids is 1. The summed E-state index contributed by atoms with van der Waals surface area (Å²) in [6, 6.07) is 4.03. The van der Waals surface area contributed by atoms with Crippen molar-refractivity contribution in [2.75, 3.05) is 6.54 Å². The van der Waals surface area contributed by atoms with Crippen molar-refractivity contribution >= 4 is 23.2 Å². The van der Waals surface area contributed by atoms with Gasteiger partial charge >= 0.3 is 12.1 Å². The van der Waals surface area contributed by atoms with E-state index in [2.05, 4.69) is 4.98 Å². The van der Waals surface area contributed by atoms with Gasteiger partial charge in [0, 0.05) is 17.5 Å². The zero-order chi connectivity index (χ0) is 19.6. The summed E-state index contributed by atoms with van der Waals surface area (Å²) in [5, 5.41) is 11.3. The van der Waals surface area contributed by atoms with Gasteiger partial charge in [-0.1, -0.05) is 12.1 Å². The number of hydrogen-bond acceptors (Lipinski definition) is 4. The van der Waals surface area contributed by atoms with Crippen molar-refractivity contribution in [2.45, 2.75) is 37.9 Å². The van der Waals surface area contributed by atoms with Gasteiger partial charge in [-0.2, -0.15) is 13.2 Å². The summed E-state index contributed by atoms with van der Waals surface area (Å²) < 4.78 is 38.6. The van der Waals surface area contributed by atoms with E-state index < -0.39 is 23.8 Å². The number of piperidine rings is 1. The molecule has 144 valence electrons. The minimum absolute atomic E-state index is 0.0702. The van der Waals surface area contributed by atoms with Crippen LogP contribution in [-0.4, -0.2) is 39.5 Å². The molecule has 1 saturated heterocycles. The quantitative estimate of drug-likeness (QED) is 0.850.